The molecule has 4 aliphatic rings. The zero-order valence-electron chi connectivity index (χ0n) is 21.4. The number of hydrogen-bond donors (Lipinski definition) is 1. The highest BCUT2D eigenvalue weighted by Gasteiger charge is 2.70. The minimum absolute atomic E-state index is 0.00516. The molecule has 0 saturated heterocycles. The molecule has 208 valence electrons. The third kappa shape index (κ3) is 4.75. The molecular weight excluding hydrogens is 522 g/mol. The number of aliphatic hydroxyl groups is 1. The number of ether oxygens (including phenoxy) is 2. The number of ketones is 2. The van der Waals surface area contributed by atoms with E-state index >= 15 is 0 Å². The molecule has 1 N–H and O–H groups in total. The van der Waals surface area contributed by atoms with Crippen LogP contribution in [0, 0.1) is 38.7 Å². The second-order valence-corrected chi connectivity index (χ2v) is 11.5. The van der Waals surface area contributed by atoms with E-state index in [-0.39, 0.29) is 55.8 Å². The van der Waals surface area contributed by atoms with Gasteiger partial charge >= 0.3 is 11.4 Å². The summed E-state index contributed by atoms with van der Waals surface area (Å²) in [7, 11) is 0. The summed E-state index contributed by atoms with van der Waals surface area (Å²) in [6.07, 6.45) is 6.23. The third-order valence-electron chi connectivity index (χ3n) is 9.35. The summed E-state index contributed by atoms with van der Waals surface area (Å²) in [5.74, 6) is -1.69. The van der Waals surface area contributed by atoms with Crippen molar-refractivity contribution < 1.29 is 43.7 Å². The first-order valence-corrected chi connectivity index (χ1v) is 13.2. The van der Waals surface area contributed by atoms with E-state index in [9.17, 15) is 34.4 Å². The Hall–Kier alpha value is -2.79. The monoisotopic (exact) mass is 553 g/mol. The van der Waals surface area contributed by atoms with Crippen molar-refractivity contribution in [2.24, 2.45) is 28.6 Å². The first-order chi connectivity index (χ1) is 17.8. The van der Waals surface area contributed by atoms with E-state index in [1.807, 2.05) is 19.9 Å². The lowest BCUT2D eigenvalue weighted by atomic mass is 9.47. The molecule has 0 spiro atoms. The fourth-order valence-electron chi connectivity index (χ4n) is 7.75. The summed E-state index contributed by atoms with van der Waals surface area (Å²) >= 11 is 5.30. The largest absolute Gasteiger partial charge is 0.450 e. The van der Waals surface area contributed by atoms with Gasteiger partial charge in [-0.2, -0.15) is 0 Å². The Balaban J connectivity index is 1.64. The molecule has 4 aliphatic carbocycles. The van der Waals surface area contributed by atoms with Crippen LogP contribution in [0.1, 0.15) is 58.8 Å². The lowest BCUT2D eigenvalue weighted by Crippen LogP contribution is -2.62. The predicted octanol–water partition coefficient (Wildman–Crippen LogP) is 3.48. The number of allylic oxidation sites excluding steroid dienone is 4. The lowest BCUT2D eigenvalue weighted by Gasteiger charge is -2.59. The van der Waals surface area contributed by atoms with Gasteiger partial charge in [0.25, 0.3) is 5.09 Å². The zero-order chi connectivity index (χ0) is 27.9. The van der Waals surface area contributed by atoms with Gasteiger partial charge in [-0.05, 0) is 50.0 Å². The Morgan fingerprint density at radius 3 is 2.71 bits per heavy atom. The number of carbonyl (C=O) groups is 4. The SMILES string of the molecule is C[C@]12C=CC(=O)CC1=CC[C@@H]1[C@@H]2[C@@H](O)C[C@@]2(C)[C@H]1CC[C@]2(OC(=O)CCCO[N+](=O)[O-])C(=O)COC(=O)Cl. The van der Waals surface area contributed by atoms with Gasteiger partial charge in [0.1, 0.15) is 0 Å². The maximum absolute atomic E-state index is 13.6. The molecule has 2 fully saturated rings. The van der Waals surface area contributed by atoms with Crippen LogP contribution in [0.25, 0.3) is 0 Å². The predicted molar refractivity (Wildman–Crippen MR) is 131 cm³/mol. The number of halogens is 1. The molecule has 0 aliphatic heterocycles. The average Bonchev–Trinajstić information content (AvgIpc) is 3.12. The van der Waals surface area contributed by atoms with Crippen LogP contribution in [-0.2, 0) is 28.7 Å². The molecule has 38 heavy (non-hydrogen) atoms. The molecule has 0 aromatic rings. The van der Waals surface area contributed by atoms with Crippen LogP contribution in [0.15, 0.2) is 23.8 Å². The van der Waals surface area contributed by atoms with Crippen molar-refractivity contribution >= 4 is 34.6 Å². The minimum Gasteiger partial charge on any atom is -0.450 e. The standard InChI is InChI=1S/C26H32ClNO10/c1-24-9-7-16(29)12-15(24)5-6-17-18-8-10-26(20(31)14-36-23(27)33,25(18,2)13-19(30)22(17)24)38-21(32)4-3-11-37-28(34)35/h5,7,9,17-19,22,30H,3-4,6,8,10-14H2,1-2H3/t17-,18-,19-,22+,24-,25-,26-/m0/s1. The number of esters is 1. The molecule has 0 radical (unpaired) electrons. The molecule has 11 nitrogen and oxygen atoms in total. The first kappa shape index (κ1) is 28.2. The van der Waals surface area contributed by atoms with Crippen LogP contribution in [0.5, 0.6) is 0 Å². The Labute approximate surface area is 224 Å². The average molecular weight is 554 g/mol. The maximum Gasteiger partial charge on any atom is 0.404 e. The highest BCUT2D eigenvalue weighted by molar-refractivity contribution is 6.61. The number of rotatable bonds is 9. The fraction of sp³-hybridized carbons (Fsp3) is 0.692. The second-order valence-electron chi connectivity index (χ2n) is 11.2. The number of carbonyl (C=O) groups excluding carboxylic acids is 4. The highest BCUT2D eigenvalue weighted by Crippen LogP contribution is 2.67. The molecular formula is C26H32ClNO10. The fourth-order valence-corrected chi connectivity index (χ4v) is 7.80. The van der Waals surface area contributed by atoms with Gasteiger partial charge in [-0.1, -0.05) is 31.6 Å². The summed E-state index contributed by atoms with van der Waals surface area (Å²) in [6.45, 7) is 2.86. The van der Waals surface area contributed by atoms with Gasteiger partial charge < -0.3 is 19.4 Å². The van der Waals surface area contributed by atoms with Crippen LogP contribution in [-0.4, -0.2) is 58.1 Å². The van der Waals surface area contributed by atoms with Gasteiger partial charge in [0.2, 0.25) is 5.78 Å². The number of hydrogen-bond acceptors (Lipinski definition) is 10. The van der Waals surface area contributed by atoms with Crippen LogP contribution < -0.4 is 0 Å². The van der Waals surface area contributed by atoms with Gasteiger partial charge in [0, 0.05) is 41.2 Å². The van der Waals surface area contributed by atoms with Gasteiger partial charge in [-0.25, -0.2) is 4.79 Å². The normalized spacial score (nSPS) is 37.3. The molecule has 12 heteroatoms. The molecule has 4 rings (SSSR count). The molecule has 0 aromatic heterocycles. The van der Waals surface area contributed by atoms with Crippen molar-refractivity contribution in [1.29, 1.82) is 0 Å². The van der Waals surface area contributed by atoms with E-state index in [4.69, 9.17) is 21.1 Å². The van der Waals surface area contributed by atoms with Crippen LogP contribution in [0.4, 0.5) is 4.79 Å². The Morgan fingerprint density at radius 2 is 2.03 bits per heavy atom. The Bertz CT molecular complexity index is 1100. The van der Waals surface area contributed by atoms with E-state index in [0.717, 1.165) is 5.57 Å². The molecule has 0 amide bonds. The third-order valence-corrected chi connectivity index (χ3v) is 9.46. The second kappa shape index (κ2) is 10.4. The van der Waals surface area contributed by atoms with Gasteiger partial charge in [0.15, 0.2) is 18.0 Å². The number of nitrogens with zero attached hydrogens (tertiary/aromatic N) is 1. The number of fused-ring (bicyclic) bond motifs is 5. The Kier molecular flexibility index (Phi) is 7.73. The maximum atomic E-state index is 13.6. The molecule has 0 aromatic carbocycles. The van der Waals surface area contributed by atoms with Crippen molar-refractivity contribution in [3.05, 3.63) is 33.9 Å². The molecule has 0 unspecified atom stereocenters. The molecule has 2 saturated carbocycles. The van der Waals surface area contributed by atoms with Crippen molar-refractivity contribution in [2.45, 2.75) is 70.5 Å². The lowest BCUT2D eigenvalue weighted by molar-refractivity contribution is -0.757. The van der Waals surface area contributed by atoms with Crippen molar-refractivity contribution in [3.8, 4) is 0 Å². The molecule has 7 atom stereocenters. The van der Waals surface area contributed by atoms with Crippen LogP contribution in [0.3, 0.4) is 0 Å². The van der Waals surface area contributed by atoms with E-state index < -0.39 is 51.4 Å². The number of Topliss-reactive ketones (excluding diaryl/α,β-unsaturated/α-hetero) is 1. The van der Waals surface area contributed by atoms with Gasteiger partial charge in [0.05, 0.1) is 12.7 Å². The van der Waals surface area contributed by atoms with Crippen LogP contribution >= 0.6 is 11.6 Å². The quantitative estimate of drug-likeness (QED) is 0.112. The number of aliphatic hydroxyl groups excluding tert-OH is 1. The summed E-state index contributed by atoms with van der Waals surface area (Å²) in [6, 6.07) is 0. The zero-order valence-corrected chi connectivity index (χ0v) is 22.1. The van der Waals surface area contributed by atoms with Crippen molar-refractivity contribution in [1.82, 2.24) is 0 Å². The smallest absolute Gasteiger partial charge is 0.404 e. The van der Waals surface area contributed by atoms with Gasteiger partial charge in [-0.3, -0.25) is 14.4 Å². The van der Waals surface area contributed by atoms with Crippen molar-refractivity contribution in [3.63, 3.8) is 0 Å². The highest BCUT2D eigenvalue weighted by atomic mass is 35.5. The van der Waals surface area contributed by atoms with Crippen LogP contribution in [0.2, 0.25) is 0 Å². The summed E-state index contributed by atoms with van der Waals surface area (Å²) in [5.41, 5.74) is -3.34. The summed E-state index contributed by atoms with van der Waals surface area (Å²) in [5, 5.41) is 21.0. The minimum atomic E-state index is -1.68. The summed E-state index contributed by atoms with van der Waals surface area (Å²) < 4.78 is 10.7. The molecule has 0 heterocycles. The van der Waals surface area contributed by atoms with Crippen molar-refractivity contribution in [2.75, 3.05) is 13.2 Å². The topological polar surface area (TPSA) is 159 Å². The van der Waals surface area contributed by atoms with E-state index in [0.29, 0.717) is 19.3 Å². The van der Waals surface area contributed by atoms with E-state index in [1.54, 1.807) is 6.08 Å². The van der Waals surface area contributed by atoms with Gasteiger partial charge in [-0.15, -0.1) is 10.1 Å². The molecule has 0 bridgehead atoms. The van der Waals surface area contributed by atoms with E-state index in [2.05, 4.69) is 10.9 Å². The summed E-state index contributed by atoms with van der Waals surface area (Å²) in [4.78, 5) is 64.5. The Morgan fingerprint density at radius 1 is 1.29 bits per heavy atom. The van der Waals surface area contributed by atoms with E-state index in [1.165, 1.54) is 0 Å². The first-order valence-electron chi connectivity index (χ1n) is 12.8.